The third kappa shape index (κ3) is 5.40. The summed E-state index contributed by atoms with van der Waals surface area (Å²) >= 11 is 1.77. The van der Waals surface area contributed by atoms with Gasteiger partial charge in [-0.25, -0.2) is 4.68 Å². The van der Waals surface area contributed by atoms with E-state index in [1.54, 1.807) is 11.3 Å². The van der Waals surface area contributed by atoms with Crippen LogP contribution in [0.1, 0.15) is 24.4 Å². The number of nitrogens with one attached hydrogen (secondary N) is 1. The Morgan fingerprint density at radius 2 is 2.30 bits per heavy atom. The second kappa shape index (κ2) is 8.14. The molecule has 0 aliphatic heterocycles. The van der Waals surface area contributed by atoms with Gasteiger partial charge in [-0.3, -0.25) is 0 Å². The topological polar surface area (TPSA) is 52.0 Å². The molecule has 0 unspecified atom stereocenters. The van der Waals surface area contributed by atoms with Crippen molar-refractivity contribution in [1.29, 1.82) is 0 Å². The summed E-state index contributed by atoms with van der Waals surface area (Å²) in [6, 6.07) is 4.67. The molecule has 0 atom stereocenters. The highest BCUT2D eigenvalue weighted by molar-refractivity contribution is 7.09. The molecule has 2 rings (SSSR count). The largest absolute Gasteiger partial charge is 0.379 e. The van der Waals surface area contributed by atoms with Gasteiger partial charge in [0.05, 0.1) is 25.5 Å². The molecule has 0 spiro atoms. The molecular formula is C14H22N4OS. The van der Waals surface area contributed by atoms with E-state index in [4.69, 9.17) is 4.74 Å². The van der Waals surface area contributed by atoms with Crippen molar-refractivity contribution in [2.45, 2.75) is 39.4 Å². The Morgan fingerprint density at radius 1 is 1.40 bits per heavy atom. The van der Waals surface area contributed by atoms with Crippen LogP contribution in [0.3, 0.4) is 0 Å². The summed E-state index contributed by atoms with van der Waals surface area (Å²) in [4.78, 5) is 1.37. The summed E-state index contributed by atoms with van der Waals surface area (Å²) in [5.74, 6) is 0. The fourth-order valence-corrected chi connectivity index (χ4v) is 2.42. The molecule has 0 aliphatic carbocycles. The van der Waals surface area contributed by atoms with Crippen molar-refractivity contribution in [2.75, 3.05) is 13.2 Å². The fourth-order valence-electron chi connectivity index (χ4n) is 1.73. The normalized spacial score (nSPS) is 11.3. The van der Waals surface area contributed by atoms with Gasteiger partial charge in [-0.1, -0.05) is 25.1 Å². The van der Waals surface area contributed by atoms with E-state index in [0.717, 1.165) is 31.8 Å². The summed E-state index contributed by atoms with van der Waals surface area (Å²) in [5.41, 5.74) is 0.970. The van der Waals surface area contributed by atoms with Crippen molar-refractivity contribution in [3.63, 3.8) is 0 Å². The van der Waals surface area contributed by atoms with Crippen LogP contribution in [0, 0.1) is 0 Å². The Kier molecular flexibility index (Phi) is 6.17. The van der Waals surface area contributed by atoms with E-state index in [2.05, 4.69) is 47.0 Å². The Hall–Kier alpha value is -1.24. The highest BCUT2D eigenvalue weighted by Gasteiger charge is 2.01. The molecule has 0 amide bonds. The fraction of sp³-hybridized carbons (Fsp3) is 0.571. The molecule has 20 heavy (non-hydrogen) atoms. The third-order valence-corrected chi connectivity index (χ3v) is 3.75. The van der Waals surface area contributed by atoms with Crippen molar-refractivity contribution in [1.82, 2.24) is 20.3 Å². The maximum Gasteiger partial charge on any atom is 0.0964 e. The minimum atomic E-state index is 0.459. The van der Waals surface area contributed by atoms with Crippen molar-refractivity contribution in [2.24, 2.45) is 0 Å². The van der Waals surface area contributed by atoms with Crippen LogP contribution in [0.4, 0.5) is 0 Å². The predicted molar refractivity (Wildman–Crippen MR) is 80.8 cm³/mol. The molecule has 0 fully saturated rings. The molecule has 0 bridgehead atoms. The van der Waals surface area contributed by atoms with Gasteiger partial charge >= 0.3 is 0 Å². The zero-order valence-electron chi connectivity index (χ0n) is 12.1. The van der Waals surface area contributed by atoms with Gasteiger partial charge in [0.2, 0.25) is 0 Å². The minimum absolute atomic E-state index is 0.459. The van der Waals surface area contributed by atoms with Gasteiger partial charge in [-0.15, -0.1) is 16.4 Å². The maximum absolute atomic E-state index is 5.62. The van der Waals surface area contributed by atoms with E-state index >= 15 is 0 Å². The first-order valence-electron chi connectivity index (χ1n) is 6.96. The minimum Gasteiger partial charge on any atom is -0.379 e. The molecule has 110 valence electrons. The van der Waals surface area contributed by atoms with Crippen LogP contribution in [0.25, 0.3) is 0 Å². The van der Waals surface area contributed by atoms with Crippen LogP contribution in [0.15, 0.2) is 23.7 Å². The van der Waals surface area contributed by atoms with Gasteiger partial charge < -0.3 is 10.1 Å². The van der Waals surface area contributed by atoms with Gasteiger partial charge in [-0.2, -0.15) is 0 Å². The number of ether oxygens (including phenoxy) is 1. The van der Waals surface area contributed by atoms with Crippen molar-refractivity contribution >= 4 is 11.3 Å². The van der Waals surface area contributed by atoms with Crippen molar-refractivity contribution in [3.05, 3.63) is 34.3 Å². The number of nitrogens with zero attached hydrogens (tertiary/aromatic N) is 3. The quantitative estimate of drug-likeness (QED) is 0.720. The van der Waals surface area contributed by atoms with Crippen molar-refractivity contribution in [3.8, 4) is 0 Å². The average Bonchev–Trinajstić information content (AvgIpc) is 3.07. The molecule has 2 heterocycles. The zero-order chi connectivity index (χ0) is 14.2. The van der Waals surface area contributed by atoms with Gasteiger partial charge in [0.25, 0.3) is 0 Å². The summed E-state index contributed by atoms with van der Waals surface area (Å²) in [7, 11) is 0. The number of rotatable bonds is 9. The van der Waals surface area contributed by atoms with Crippen LogP contribution < -0.4 is 5.32 Å². The van der Waals surface area contributed by atoms with Gasteiger partial charge in [-0.05, 0) is 11.4 Å². The van der Waals surface area contributed by atoms with E-state index in [-0.39, 0.29) is 0 Å². The first-order chi connectivity index (χ1) is 9.74. The van der Waals surface area contributed by atoms with Crippen LogP contribution in [0.5, 0.6) is 0 Å². The van der Waals surface area contributed by atoms with Crippen LogP contribution in [-0.4, -0.2) is 34.2 Å². The summed E-state index contributed by atoms with van der Waals surface area (Å²) in [6.45, 7) is 7.18. The van der Waals surface area contributed by atoms with E-state index < -0.39 is 0 Å². The van der Waals surface area contributed by atoms with E-state index in [1.807, 2.05) is 10.9 Å². The van der Waals surface area contributed by atoms with Gasteiger partial charge in [0, 0.05) is 30.1 Å². The number of thiophene rings is 1. The highest BCUT2D eigenvalue weighted by Crippen LogP contribution is 2.08. The van der Waals surface area contributed by atoms with Gasteiger partial charge in [0.15, 0.2) is 0 Å². The SMILES string of the molecule is CC(C)NCc1cn(CCOCCc2cccs2)nn1. The molecule has 5 nitrogen and oxygen atoms in total. The lowest BCUT2D eigenvalue weighted by Gasteiger charge is -2.04. The Labute approximate surface area is 124 Å². The van der Waals surface area contributed by atoms with Crippen molar-refractivity contribution < 1.29 is 4.74 Å². The third-order valence-electron chi connectivity index (χ3n) is 2.82. The lowest BCUT2D eigenvalue weighted by atomic mass is 10.3. The van der Waals surface area contributed by atoms with Crippen LogP contribution >= 0.6 is 11.3 Å². The van der Waals surface area contributed by atoms with E-state index in [0.29, 0.717) is 12.6 Å². The number of aromatic nitrogens is 3. The lowest BCUT2D eigenvalue weighted by molar-refractivity contribution is 0.126. The monoisotopic (exact) mass is 294 g/mol. The van der Waals surface area contributed by atoms with E-state index in [9.17, 15) is 0 Å². The average molecular weight is 294 g/mol. The van der Waals surface area contributed by atoms with E-state index in [1.165, 1.54) is 4.88 Å². The summed E-state index contributed by atoms with van der Waals surface area (Å²) in [5, 5.41) is 13.6. The molecule has 0 saturated carbocycles. The lowest BCUT2D eigenvalue weighted by Crippen LogP contribution is -2.21. The Morgan fingerprint density at radius 3 is 3.05 bits per heavy atom. The predicted octanol–water partition coefficient (Wildman–Crippen LogP) is 2.10. The molecule has 0 aromatic carbocycles. The molecule has 0 aliphatic rings. The molecule has 6 heteroatoms. The standard InChI is InChI=1S/C14H22N4OS/c1-12(2)15-10-13-11-18(17-16-13)6-8-19-7-5-14-4-3-9-20-14/h3-4,9,11-12,15H,5-8,10H2,1-2H3. The number of hydrogen-bond donors (Lipinski definition) is 1. The highest BCUT2D eigenvalue weighted by atomic mass is 32.1. The molecule has 2 aromatic heterocycles. The Balaban J connectivity index is 1.59. The molecular weight excluding hydrogens is 272 g/mol. The second-order valence-corrected chi connectivity index (χ2v) is 5.98. The second-order valence-electron chi connectivity index (χ2n) is 4.95. The van der Waals surface area contributed by atoms with Crippen LogP contribution in [0.2, 0.25) is 0 Å². The molecule has 0 radical (unpaired) electrons. The summed E-state index contributed by atoms with van der Waals surface area (Å²) in [6.07, 6.45) is 2.95. The molecule has 1 N–H and O–H groups in total. The zero-order valence-corrected chi connectivity index (χ0v) is 12.9. The van der Waals surface area contributed by atoms with Gasteiger partial charge in [0.1, 0.15) is 0 Å². The Bertz CT molecular complexity index is 481. The molecule has 2 aromatic rings. The molecule has 0 saturated heterocycles. The van der Waals surface area contributed by atoms with Crippen LogP contribution in [-0.2, 0) is 24.2 Å². The number of hydrogen-bond acceptors (Lipinski definition) is 5. The first kappa shape index (κ1) is 15.2. The smallest absolute Gasteiger partial charge is 0.0964 e. The maximum atomic E-state index is 5.62. The summed E-state index contributed by atoms with van der Waals surface area (Å²) < 4.78 is 7.46. The first-order valence-corrected chi connectivity index (χ1v) is 7.84.